The van der Waals surface area contributed by atoms with E-state index in [0.717, 1.165) is 0 Å². The molecule has 0 fully saturated rings. The highest BCUT2D eigenvalue weighted by Gasteiger charge is 2.22. The number of hydrogen-bond donors (Lipinski definition) is 1. The van der Waals surface area contributed by atoms with Crippen molar-refractivity contribution in [1.29, 1.82) is 0 Å². The molecular weight excluding hydrogens is 521 g/mol. The fourth-order valence-corrected chi connectivity index (χ4v) is 4.03. The first-order chi connectivity index (χ1) is 17.9. The van der Waals surface area contributed by atoms with Gasteiger partial charge in [-0.1, -0.05) is 41.4 Å². The Bertz CT molecular complexity index is 1310. The van der Waals surface area contributed by atoms with Crippen LogP contribution < -0.4 is 19.5 Å². The molecule has 0 atom stereocenters. The van der Waals surface area contributed by atoms with E-state index in [0.29, 0.717) is 46.9 Å². The number of ketones is 1. The highest BCUT2D eigenvalue weighted by Crippen LogP contribution is 2.34. The molecule has 4 rings (SSSR count). The molecular formula is C27H23Cl2NO7. The molecule has 1 N–H and O–H groups in total. The number of amides is 1. The third-order valence-electron chi connectivity index (χ3n) is 5.32. The van der Waals surface area contributed by atoms with E-state index in [1.807, 2.05) is 0 Å². The van der Waals surface area contributed by atoms with Gasteiger partial charge in [-0.15, -0.1) is 0 Å². The third-order valence-corrected chi connectivity index (χ3v) is 5.85. The second-order valence-corrected chi connectivity index (χ2v) is 8.79. The van der Waals surface area contributed by atoms with E-state index >= 15 is 0 Å². The number of carbonyl (C=O) groups excluding carboxylic acids is 3. The summed E-state index contributed by atoms with van der Waals surface area (Å²) in [7, 11) is 0. The predicted octanol–water partition coefficient (Wildman–Crippen LogP) is 5.60. The molecule has 37 heavy (non-hydrogen) atoms. The first-order valence-electron chi connectivity index (χ1n) is 11.5. The van der Waals surface area contributed by atoms with Crippen molar-refractivity contribution in [2.24, 2.45) is 0 Å². The molecule has 0 saturated carbocycles. The Morgan fingerprint density at radius 1 is 0.919 bits per heavy atom. The number of halogens is 2. The summed E-state index contributed by atoms with van der Waals surface area (Å²) in [5.41, 5.74) is 0.677. The van der Waals surface area contributed by atoms with Crippen LogP contribution in [-0.4, -0.2) is 44.1 Å². The fraction of sp³-hybridized carbons (Fsp3) is 0.222. The van der Waals surface area contributed by atoms with E-state index < -0.39 is 18.4 Å². The van der Waals surface area contributed by atoms with Crippen LogP contribution in [-0.2, 0) is 9.53 Å². The Morgan fingerprint density at radius 2 is 1.70 bits per heavy atom. The van der Waals surface area contributed by atoms with Crippen LogP contribution in [0.5, 0.6) is 17.2 Å². The van der Waals surface area contributed by atoms with Gasteiger partial charge in [0.1, 0.15) is 19.0 Å². The lowest BCUT2D eigenvalue weighted by atomic mass is 10.1. The van der Waals surface area contributed by atoms with Gasteiger partial charge >= 0.3 is 5.97 Å². The molecule has 8 nitrogen and oxygen atoms in total. The van der Waals surface area contributed by atoms with Crippen LogP contribution >= 0.6 is 23.2 Å². The van der Waals surface area contributed by atoms with Gasteiger partial charge in [-0.3, -0.25) is 9.59 Å². The van der Waals surface area contributed by atoms with Gasteiger partial charge in [-0.25, -0.2) is 4.79 Å². The molecule has 0 spiro atoms. The minimum Gasteiger partial charge on any atom is -0.492 e. The van der Waals surface area contributed by atoms with Crippen LogP contribution in [0.1, 0.15) is 33.6 Å². The lowest BCUT2D eigenvalue weighted by Crippen LogP contribution is -2.21. The van der Waals surface area contributed by atoms with E-state index in [4.69, 9.17) is 42.1 Å². The SMILES string of the molecule is O=C(CCCOc1ccc(Cl)cc1Cl)Nc1ccccc1C(=O)OCC(=O)c1cccc2c1OCCO2. The van der Waals surface area contributed by atoms with Gasteiger partial charge in [0.25, 0.3) is 0 Å². The van der Waals surface area contributed by atoms with E-state index in [2.05, 4.69) is 5.32 Å². The van der Waals surface area contributed by atoms with Gasteiger partial charge < -0.3 is 24.3 Å². The lowest BCUT2D eigenvalue weighted by molar-refractivity contribution is -0.116. The van der Waals surface area contributed by atoms with Crippen molar-refractivity contribution < 1.29 is 33.3 Å². The Balaban J connectivity index is 1.29. The molecule has 10 heteroatoms. The van der Waals surface area contributed by atoms with Crippen LogP contribution in [0.15, 0.2) is 60.7 Å². The average Bonchev–Trinajstić information content (AvgIpc) is 2.90. The summed E-state index contributed by atoms with van der Waals surface area (Å²) >= 11 is 11.9. The first kappa shape index (κ1) is 26.3. The number of anilines is 1. The van der Waals surface area contributed by atoms with Crippen LogP contribution in [0, 0.1) is 0 Å². The highest BCUT2D eigenvalue weighted by atomic mass is 35.5. The van der Waals surface area contributed by atoms with Crippen molar-refractivity contribution >= 4 is 46.5 Å². The molecule has 0 bridgehead atoms. The Kier molecular flexibility index (Phi) is 8.87. The topological polar surface area (TPSA) is 100 Å². The predicted molar refractivity (Wildman–Crippen MR) is 138 cm³/mol. The summed E-state index contributed by atoms with van der Waals surface area (Å²) in [5, 5.41) is 3.59. The maximum Gasteiger partial charge on any atom is 0.340 e. The molecule has 1 heterocycles. The number of rotatable bonds is 10. The van der Waals surface area contributed by atoms with Gasteiger partial charge in [0.05, 0.1) is 28.4 Å². The van der Waals surface area contributed by atoms with Gasteiger partial charge in [0, 0.05) is 11.4 Å². The van der Waals surface area contributed by atoms with E-state index in [1.54, 1.807) is 54.6 Å². The third kappa shape index (κ3) is 6.93. The second-order valence-electron chi connectivity index (χ2n) is 7.95. The average molecular weight is 544 g/mol. The highest BCUT2D eigenvalue weighted by molar-refractivity contribution is 6.35. The zero-order valence-electron chi connectivity index (χ0n) is 19.6. The number of esters is 1. The van der Waals surface area contributed by atoms with E-state index in [9.17, 15) is 14.4 Å². The normalized spacial score (nSPS) is 11.9. The maximum absolute atomic E-state index is 12.7. The summed E-state index contributed by atoms with van der Waals surface area (Å²) < 4.78 is 21.9. The standard InChI is InChI=1S/C27H23Cl2NO7/c28-17-10-11-23(20(29)15-17)34-12-4-9-25(32)30-21-7-2-1-5-18(21)27(33)37-16-22(31)19-6-3-8-24-26(19)36-14-13-35-24/h1-3,5-8,10-11,15H,4,9,12-14,16H2,(H,30,32). The number of nitrogens with one attached hydrogen (secondary N) is 1. The maximum atomic E-state index is 12.7. The van der Waals surface area contributed by atoms with Crippen LogP contribution in [0.4, 0.5) is 5.69 Å². The van der Waals surface area contributed by atoms with Gasteiger partial charge in [0.2, 0.25) is 11.7 Å². The Hall–Kier alpha value is -3.75. The minimum absolute atomic E-state index is 0.127. The number of fused-ring (bicyclic) bond motifs is 1. The van der Waals surface area contributed by atoms with Gasteiger partial charge in [0.15, 0.2) is 18.1 Å². The molecule has 1 amide bonds. The first-order valence-corrected chi connectivity index (χ1v) is 12.2. The zero-order chi connectivity index (χ0) is 26.2. The molecule has 3 aromatic rings. The Morgan fingerprint density at radius 3 is 2.54 bits per heavy atom. The fourth-order valence-electron chi connectivity index (χ4n) is 3.57. The number of benzene rings is 3. The van der Waals surface area contributed by atoms with Crippen molar-refractivity contribution in [2.45, 2.75) is 12.8 Å². The number of para-hydroxylation sites is 2. The van der Waals surface area contributed by atoms with Gasteiger partial charge in [-0.2, -0.15) is 0 Å². The number of hydrogen-bond acceptors (Lipinski definition) is 7. The monoisotopic (exact) mass is 543 g/mol. The molecule has 0 aliphatic carbocycles. The van der Waals surface area contributed by atoms with E-state index in [-0.39, 0.29) is 35.7 Å². The molecule has 0 saturated heterocycles. The summed E-state index contributed by atoms with van der Waals surface area (Å²) in [4.78, 5) is 37.9. The molecule has 1 aliphatic rings. The molecule has 1 aliphatic heterocycles. The summed E-state index contributed by atoms with van der Waals surface area (Å²) in [6, 6.07) is 16.3. The van der Waals surface area contributed by atoms with E-state index in [1.165, 1.54) is 6.07 Å². The van der Waals surface area contributed by atoms with Crippen LogP contribution in [0.2, 0.25) is 10.0 Å². The quantitative estimate of drug-likeness (QED) is 0.201. The second kappa shape index (κ2) is 12.5. The number of Topliss-reactive ketones (excluding diaryl/α,β-unsaturated/α-hetero) is 1. The lowest BCUT2D eigenvalue weighted by Gasteiger charge is -2.20. The summed E-state index contributed by atoms with van der Waals surface area (Å²) in [6.45, 7) is 0.487. The largest absolute Gasteiger partial charge is 0.492 e. The molecule has 192 valence electrons. The van der Waals surface area contributed by atoms with Crippen molar-refractivity contribution in [1.82, 2.24) is 0 Å². The van der Waals surface area contributed by atoms with Crippen molar-refractivity contribution in [3.05, 3.63) is 81.8 Å². The number of ether oxygens (including phenoxy) is 4. The number of carbonyl (C=O) groups is 3. The minimum atomic E-state index is -0.744. The van der Waals surface area contributed by atoms with Crippen molar-refractivity contribution in [2.75, 3.05) is 31.7 Å². The van der Waals surface area contributed by atoms with Gasteiger partial charge in [-0.05, 0) is 48.9 Å². The molecule has 0 radical (unpaired) electrons. The van der Waals surface area contributed by atoms with Crippen molar-refractivity contribution in [3.63, 3.8) is 0 Å². The smallest absolute Gasteiger partial charge is 0.340 e. The summed E-state index contributed by atoms with van der Waals surface area (Å²) in [5.74, 6) is -0.202. The zero-order valence-corrected chi connectivity index (χ0v) is 21.1. The summed E-state index contributed by atoms with van der Waals surface area (Å²) in [6.07, 6.45) is 0.563. The van der Waals surface area contributed by atoms with Crippen molar-refractivity contribution in [3.8, 4) is 17.2 Å². The molecule has 3 aromatic carbocycles. The van der Waals surface area contributed by atoms with Crippen LogP contribution in [0.3, 0.4) is 0 Å². The molecule has 0 unspecified atom stereocenters. The molecule has 0 aromatic heterocycles. The van der Waals surface area contributed by atoms with Crippen LogP contribution in [0.25, 0.3) is 0 Å². The Labute approximate surface area is 223 Å².